The highest BCUT2D eigenvalue weighted by molar-refractivity contribution is 6.06. The number of amides is 1. The molecule has 4 aromatic rings. The molecule has 0 bridgehead atoms. The van der Waals surface area contributed by atoms with Crippen molar-refractivity contribution in [3.63, 3.8) is 0 Å². The highest BCUT2D eigenvalue weighted by atomic mass is 16.6. The number of carbonyl (C=O) groups is 1. The fraction of sp³-hybridized carbons (Fsp3) is 0.240. The van der Waals surface area contributed by atoms with E-state index in [1.54, 1.807) is 18.3 Å². The van der Waals surface area contributed by atoms with E-state index in [4.69, 9.17) is 4.98 Å². The molecule has 9 nitrogen and oxygen atoms in total. The van der Waals surface area contributed by atoms with Gasteiger partial charge in [0, 0.05) is 56.1 Å². The van der Waals surface area contributed by atoms with Crippen molar-refractivity contribution in [1.82, 2.24) is 19.7 Å². The van der Waals surface area contributed by atoms with Gasteiger partial charge >= 0.3 is 0 Å². The molecule has 0 saturated carbocycles. The van der Waals surface area contributed by atoms with Gasteiger partial charge in [-0.15, -0.1) is 0 Å². The zero-order valence-corrected chi connectivity index (χ0v) is 18.8. The van der Waals surface area contributed by atoms with Gasteiger partial charge in [0.25, 0.3) is 11.6 Å². The average molecular weight is 457 g/mol. The Kier molecular flexibility index (Phi) is 5.67. The number of hydrogen-bond donors (Lipinski definition) is 0. The molecule has 2 aromatic carbocycles. The Morgan fingerprint density at radius 3 is 2.38 bits per heavy atom. The standard InChI is InChI=1S/C25H24N6O3/c1-2-30-24-22(17-26-30)21(16-23(27-24)18-6-4-3-5-7-18)25(32)29-14-12-28(13-15-29)19-8-10-20(11-9-19)31(33)34/h3-11,16-17H,2,12-15H2,1H3. The van der Waals surface area contributed by atoms with Crippen molar-refractivity contribution in [1.29, 1.82) is 0 Å². The quantitative estimate of drug-likeness (QED) is 0.333. The second-order valence-corrected chi connectivity index (χ2v) is 8.17. The molecule has 0 aliphatic carbocycles. The lowest BCUT2D eigenvalue weighted by atomic mass is 10.1. The molecule has 172 valence electrons. The minimum atomic E-state index is -0.403. The average Bonchev–Trinajstić information content (AvgIpc) is 3.31. The topological polar surface area (TPSA) is 97.4 Å². The van der Waals surface area contributed by atoms with Gasteiger partial charge in [-0.3, -0.25) is 14.9 Å². The van der Waals surface area contributed by atoms with Crippen molar-refractivity contribution in [2.75, 3.05) is 31.1 Å². The number of aryl methyl sites for hydroxylation is 1. The SMILES string of the molecule is CCn1ncc2c(C(=O)N3CCN(c4ccc([N+](=O)[O-])cc4)CC3)cc(-c3ccccc3)nc21. The molecule has 0 N–H and O–H groups in total. The van der Waals surface area contributed by atoms with Crippen molar-refractivity contribution in [3.05, 3.63) is 82.5 Å². The summed E-state index contributed by atoms with van der Waals surface area (Å²) in [6.07, 6.45) is 1.72. The van der Waals surface area contributed by atoms with Crippen LogP contribution in [-0.4, -0.2) is 56.7 Å². The third-order valence-electron chi connectivity index (χ3n) is 6.20. The van der Waals surface area contributed by atoms with Crippen LogP contribution in [0.5, 0.6) is 0 Å². The molecule has 1 saturated heterocycles. The van der Waals surface area contributed by atoms with Crippen LogP contribution in [0.25, 0.3) is 22.3 Å². The number of nitro groups is 1. The predicted molar refractivity (Wildman–Crippen MR) is 130 cm³/mol. The summed E-state index contributed by atoms with van der Waals surface area (Å²) in [4.78, 5) is 32.9. The Bertz CT molecular complexity index is 1340. The van der Waals surface area contributed by atoms with E-state index in [1.807, 2.05) is 52.9 Å². The van der Waals surface area contributed by atoms with Crippen LogP contribution >= 0.6 is 0 Å². The number of carbonyl (C=O) groups excluding carboxylic acids is 1. The van der Waals surface area contributed by atoms with Gasteiger partial charge in [-0.2, -0.15) is 5.10 Å². The van der Waals surface area contributed by atoms with E-state index in [2.05, 4.69) is 10.00 Å². The van der Waals surface area contributed by atoms with Gasteiger partial charge in [0.15, 0.2) is 5.65 Å². The van der Waals surface area contributed by atoms with Crippen LogP contribution in [0.15, 0.2) is 66.9 Å². The third-order valence-corrected chi connectivity index (χ3v) is 6.20. The number of anilines is 1. The van der Waals surface area contributed by atoms with Crippen molar-refractivity contribution in [3.8, 4) is 11.3 Å². The lowest BCUT2D eigenvalue weighted by Crippen LogP contribution is -2.48. The third kappa shape index (κ3) is 3.96. The van der Waals surface area contributed by atoms with Gasteiger partial charge < -0.3 is 9.80 Å². The maximum Gasteiger partial charge on any atom is 0.269 e. The Morgan fingerprint density at radius 2 is 1.74 bits per heavy atom. The van der Waals surface area contributed by atoms with E-state index in [0.29, 0.717) is 43.9 Å². The first-order chi connectivity index (χ1) is 16.5. The van der Waals surface area contributed by atoms with Gasteiger partial charge in [0.1, 0.15) is 0 Å². The second-order valence-electron chi connectivity index (χ2n) is 8.17. The lowest BCUT2D eigenvalue weighted by Gasteiger charge is -2.36. The van der Waals surface area contributed by atoms with E-state index >= 15 is 0 Å². The summed E-state index contributed by atoms with van der Waals surface area (Å²) < 4.78 is 1.81. The monoisotopic (exact) mass is 456 g/mol. The van der Waals surface area contributed by atoms with Crippen molar-refractivity contribution < 1.29 is 9.72 Å². The minimum absolute atomic E-state index is 0.0383. The number of nitro benzene ring substituents is 1. The number of fused-ring (bicyclic) bond motifs is 1. The van der Waals surface area contributed by atoms with Crippen molar-refractivity contribution in [2.45, 2.75) is 13.5 Å². The van der Waals surface area contributed by atoms with Crippen LogP contribution in [0.2, 0.25) is 0 Å². The van der Waals surface area contributed by atoms with Crippen LogP contribution in [0.4, 0.5) is 11.4 Å². The molecule has 9 heteroatoms. The van der Waals surface area contributed by atoms with Gasteiger partial charge in [-0.05, 0) is 25.1 Å². The Morgan fingerprint density at radius 1 is 1.03 bits per heavy atom. The fourth-order valence-electron chi connectivity index (χ4n) is 4.34. The summed E-state index contributed by atoms with van der Waals surface area (Å²) in [6.45, 7) is 5.08. The maximum atomic E-state index is 13.6. The Hall–Kier alpha value is -4.27. The summed E-state index contributed by atoms with van der Waals surface area (Å²) >= 11 is 0. The smallest absolute Gasteiger partial charge is 0.269 e. The van der Waals surface area contributed by atoms with Gasteiger partial charge in [0.05, 0.1) is 27.8 Å². The van der Waals surface area contributed by atoms with Crippen LogP contribution in [0, 0.1) is 10.1 Å². The molecule has 1 fully saturated rings. The van der Waals surface area contributed by atoms with Gasteiger partial charge in [-0.1, -0.05) is 30.3 Å². The molecule has 5 rings (SSSR count). The van der Waals surface area contributed by atoms with Crippen molar-refractivity contribution >= 4 is 28.3 Å². The molecule has 1 amide bonds. The van der Waals surface area contributed by atoms with E-state index in [9.17, 15) is 14.9 Å². The minimum Gasteiger partial charge on any atom is -0.368 e. The van der Waals surface area contributed by atoms with Gasteiger partial charge in [0.2, 0.25) is 0 Å². The van der Waals surface area contributed by atoms with Crippen LogP contribution in [0.1, 0.15) is 17.3 Å². The summed E-state index contributed by atoms with van der Waals surface area (Å²) in [5, 5.41) is 16.1. The van der Waals surface area contributed by atoms with Crippen molar-refractivity contribution in [2.24, 2.45) is 0 Å². The molecule has 3 heterocycles. The molecule has 1 aliphatic heterocycles. The number of benzene rings is 2. The molecular weight excluding hydrogens is 432 g/mol. The number of piperazine rings is 1. The number of pyridine rings is 1. The fourth-order valence-corrected chi connectivity index (χ4v) is 4.34. The normalized spacial score (nSPS) is 13.9. The number of rotatable bonds is 5. The van der Waals surface area contributed by atoms with Crippen LogP contribution in [0.3, 0.4) is 0 Å². The first-order valence-corrected chi connectivity index (χ1v) is 11.3. The highest BCUT2D eigenvalue weighted by Gasteiger charge is 2.26. The van der Waals surface area contributed by atoms with E-state index < -0.39 is 4.92 Å². The molecular formula is C25H24N6O3. The van der Waals surface area contributed by atoms with Crippen LogP contribution < -0.4 is 4.90 Å². The number of non-ortho nitro benzene ring substituents is 1. The first-order valence-electron chi connectivity index (χ1n) is 11.3. The number of hydrogen-bond acceptors (Lipinski definition) is 6. The number of aromatic nitrogens is 3. The summed E-state index contributed by atoms with van der Waals surface area (Å²) in [7, 11) is 0. The molecule has 0 unspecified atom stereocenters. The summed E-state index contributed by atoms with van der Waals surface area (Å²) in [5.41, 5.74) is 3.99. The Labute approximate surface area is 196 Å². The first kappa shape index (κ1) is 21.6. The zero-order valence-electron chi connectivity index (χ0n) is 18.8. The predicted octanol–water partition coefficient (Wildman–Crippen LogP) is 3.99. The summed E-state index contributed by atoms with van der Waals surface area (Å²) in [6, 6.07) is 18.2. The maximum absolute atomic E-state index is 13.6. The van der Waals surface area contributed by atoms with Gasteiger partial charge in [-0.25, -0.2) is 9.67 Å². The van der Waals surface area contributed by atoms with E-state index in [0.717, 1.165) is 22.3 Å². The van der Waals surface area contributed by atoms with E-state index in [-0.39, 0.29) is 11.6 Å². The van der Waals surface area contributed by atoms with E-state index in [1.165, 1.54) is 12.1 Å². The van der Waals surface area contributed by atoms with Crippen LogP contribution in [-0.2, 0) is 6.54 Å². The summed E-state index contributed by atoms with van der Waals surface area (Å²) in [5.74, 6) is -0.0383. The molecule has 0 spiro atoms. The molecule has 1 aliphatic rings. The zero-order chi connectivity index (χ0) is 23.7. The Balaban J connectivity index is 1.40. The molecule has 0 atom stereocenters. The lowest BCUT2D eigenvalue weighted by molar-refractivity contribution is -0.384. The number of nitrogens with zero attached hydrogens (tertiary/aromatic N) is 6. The molecule has 34 heavy (non-hydrogen) atoms. The molecule has 0 radical (unpaired) electrons. The highest BCUT2D eigenvalue weighted by Crippen LogP contribution is 2.27. The molecule has 2 aromatic heterocycles. The second kappa shape index (κ2) is 8.93. The largest absolute Gasteiger partial charge is 0.368 e.